The van der Waals surface area contributed by atoms with Gasteiger partial charge in [-0.3, -0.25) is 0 Å². The molecule has 1 aliphatic rings. The fourth-order valence-corrected chi connectivity index (χ4v) is 4.35. The summed E-state index contributed by atoms with van der Waals surface area (Å²) in [5.74, 6) is 1.03. The van der Waals surface area contributed by atoms with Gasteiger partial charge in [0, 0.05) is 41.6 Å². The van der Waals surface area contributed by atoms with E-state index in [9.17, 15) is 9.65 Å². The summed E-state index contributed by atoms with van der Waals surface area (Å²) in [5.41, 5.74) is 6.39. The highest BCUT2D eigenvalue weighted by Crippen LogP contribution is 2.39. The van der Waals surface area contributed by atoms with E-state index < -0.39 is 0 Å². The summed E-state index contributed by atoms with van der Waals surface area (Å²) in [6.45, 7) is 4.78. The molecule has 0 bridgehead atoms. The van der Waals surface area contributed by atoms with Crippen LogP contribution in [0.3, 0.4) is 0 Å². The fraction of sp³-hybridized carbons (Fsp3) is 0.231. The van der Waals surface area contributed by atoms with Crippen LogP contribution in [0.25, 0.3) is 16.9 Å². The highest BCUT2D eigenvalue weighted by atomic mass is 19.1. The van der Waals surface area contributed by atoms with Gasteiger partial charge in [-0.1, -0.05) is 19.1 Å². The van der Waals surface area contributed by atoms with Crippen molar-refractivity contribution in [2.45, 2.75) is 39.8 Å². The molecule has 164 valence electrons. The first-order chi connectivity index (χ1) is 16.1. The second kappa shape index (κ2) is 8.47. The van der Waals surface area contributed by atoms with Crippen molar-refractivity contribution in [2.24, 2.45) is 0 Å². The summed E-state index contributed by atoms with van der Waals surface area (Å²) in [5, 5.41) is 9.65. The van der Waals surface area contributed by atoms with Crippen molar-refractivity contribution < 1.29 is 9.13 Å². The van der Waals surface area contributed by atoms with E-state index in [2.05, 4.69) is 44.6 Å². The molecular formula is C26H22FN5O. The minimum atomic E-state index is -0.370. The lowest BCUT2D eigenvalue weighted by molar-refractivity contribution is 0.305. The molecule has 0 radical (unpaired) electrons. The van der Waals surface area contributed by atoms with E-state index in [0.717, 1.165) is 52.1 Å². The van der Waals surface area contributed by atoms with Gasteiger partial charge in [-0.15, -0.1) is 0 Å². The number of fused-ring (bicyclic) bond motifs is 3. The Kier molecular flexibility index (Phi) is 5.35. The number of halogens is 1. The number of nitriles is 1. The zero-order valence-corrected chi connectivity index (χ0v) is 18.5. The van der Waals surface area contributed by atoms with Gasteiger partial charge >= 0.3 is 0 Å². The average Bonchev–Trinajstić information content (AvgIpc) is 3.07. The van der Waals surface area contributed by atoms with Crippen molar-refractivity contribution in [3.63, 3.8) is 0 Å². The molecule has 7 heteroatoms. The predicted octanol–water partition coefficient (Wildman–Crippen LogP) is 5.20. The fourth-order valence-electron chi connectivity index (χ4n) is 4.35. The number of ether oxygens (including phenoxy) is 1. The third kappa shape index (κ3) is 3.74. The Morgan fingerprint density at radius 1 is 1.15 bits per heavy atom. The smallest absolute Gasteiger partial charge is 0.197 e. The maximum atomic E-state index is 13.9. The first kappa shape index (κ1) is 20.8. The molecular weight excluding hydrogens is 417 g/mol. The van der Waals surface area contributed by atoms with Gasteiger partial charge in [-0.05, 0) is 48.2 Å². The molecule has 0 unspecified atom stereocenters. The minimum Gasteiger partial charge on any atom is -0.488 e. The lowest BCUT2D eigenvalue weighted by Gasteiger charge is -2.14. The highest BCUT2D eigenvalue weighted by Gasteiger charge is 2.22. The van der Waals surface area contributed by atoms with Gasteiger partial charge in [0.25, 0.3) is 0 Å². The van der Waals surface area contributed by atoms with Crippen LogP contribution in [-0.2, 0) is 19.6 Å². The number of rotatable bonds is 4. The molecule has 0 spiro atoms. The Morgan fingerprint density at radius 2 is 1.97 bits per heavy atom. The zero-order chi connectivity index (χ0) is 22.9. The van der Waals surface area contributed by atoms with E-state index in [4.69, 9.17) is 4.74 Å². The van der Waals surface area contributed by atoms with E-state index in [0.29, 0.717) is 23.5 Å². The van der Waals surface area contributed by atoms with Crippen LogP contribution in [0.5, 0.6) is 5.75 Å². The maximum absolute atomic E-state index is 13.9. The number of allylic oxidation sites excluding steroid dienone is 1. The van der Waals surface area contributed by atoms with Crippen LogP contribution in [0.15, 0.2) is 54.4 Å². The van der Waals surface area contributed by atoms with Gasteiger partial charge in [-0.2, -0.15) is 5.26 Å². The number of aryl methyl sites for hydroxylation is 1. The summed E-state index contributed by atoms with van der Waals surface area (Å²) in [4.78, 5) is 13.5. The number of hydrogen-bond acceptors (Lipinski definition) is 5. The van der Waals surface area contributed by atoms with Gasteiger partial charge < -0.3 is 9.30 Å². The Hall–Kier alpha value is -4.05. The Balaban J connectivity index is 1.60. The molecule has 0 aliphatic carbocycles. The SMILES string of the molecule is CCCc1nc2nccnc2n1Cc1ccc2c(c1)COc1cc(F)ccc1C2=C(C)C#N. The van der Waals surface area contributed by atoms with Gasteiger partial charge in [0.1, 0.15) is 24.0 Å². The monoisotopic (exact) mass is 439 g/mol. The highest BCUT2D eigenvalue weighted by molar-refractivity contribution is 5.88. The van der Waals surface area contributed by atoms with E-state index in [1.165, 1.54) is 12.1 Å². The van der Waals surface area contributed by atoms with E-state index in [-0.39, 0.29) is 12.4 Å². The van der Waals surface area contributed by atoms with Crippen LogP contribution in [-0.4, -0.2) is 19.5 Å². The van der Waals surface area contributed by atoms with Crippen molar-refractivity contribution in [2.75, 3.05) is 0 Å². The molecule has 4 aromatic rings. The lowest BCUT2D eigenvalue weighted by Crippen LogP contribution is -2.07. The summed E-state index contributed by atoms with van der Waals surface area (Å²) in [6.07, 6.45) is 5.14. The average molecular weight is 439 g/mol. The molecule has 3 heterocycles. The summed E-state index contributed by atoms with van der Waals surface area (Å²) < 4.78 is 22.0. The van der Waals surface area contributed by atoms with Crippen molar-refractivity contribution in [1.29, 1.82) is 5.26 Å². The van der Waals surface area contributed by atoms with Crippen LogP contribution in [0.1, 0.15) is 48.3 Å². The summed E-state index contributed by atoms with van der Waals surface area (Å²) in [7, 11) is 0. The minimum absolute atomic E-state index is 0.286. The molecule has 0 N–H and O–H groups in total. The molecule has 0 saturated heterocycles. The van der Waals surface area contributed by atoms with Crippen molar-refractivity contribution in [3.8, 4) is 11.8 Å². The number of nitrogens with zero attached hydrogens (tertiary/aromatic N) is 5. The van der Waals surface area contributed by atoms with Crippen molar-refractivity contribution in [1.82, 2.24) is 19.5 Å². The summed E-state index contributed by atoms with van der Waals surface area (Å²) >= 11 is 0. The normalized spacial score (nSPS) is 14.1. The van der Waals surface area contributed by atoms with Gasteiger partial charge in [0.05, 0.1) is 12.6 Å². The number of aromatic nitrogens is 4. The molecule has 6 nitrogen and oxygen atoms in total. The Morgan fingerprint density at radius 3 is 2.79 bits per heavy atom. The quantitative estimate of drug-likeness (QED) is 0.408. The van der Waals surface area contributed by atoms with Crippen LogP contribution in [0.2, 0.25) is 0 Å². The zero-order valence-electron chi connectivity index (χ0n) is 18.5. The molecule has 0 fully saturated rings. The van der Waals surface area contributed by atoms with Gasteiger partial charge in [0.15, 0.2) is 11.3 Å². The molecule has 0 saturated carbocycles. The third-order valence-corrected chi connectivity index (χ3v) is 5.85. The lowest BCUT2D eigenvalue weighted by atomic mass is 9.90. The second-order valence-corrected chi connectivity index (χ2v) is 8.10. The van der Waals surface area contributed by atoms with E-state index >= 15 is 0 Å². The molecule has 33 heavy (non-hydrogen) atoms. The standard InChI is InChI=1S/C26H22FN5O/c1-3-4-23-31-25-26(30-10-9-29-25)32(23)14-17-5-7-20-18(11-17)15-33-22-12-19(27)6-8-21(22)24(20)16(2)13-28/h5-12H,3-4,14-15H2,1-2H3. The molecule has 2 aromatic carbocycles. The summed E-state index contributed by atoms with van der Waals surface area (Å²) in [6, 6.07) is 12.9. The predicted molar refractivity (Wildman–Crippen MR) is 123 cm³/mol. The third-order valence-electron chi connectivity index (χ3n) is 5.85. The number of benzene rings is 2. The first-order valence-electron chi connectivity index (χ1n) is 10.9. The van der Waals surface area contributed by atoms with Crippen LogP contribution < -0.4 is 4.74 Å². The largest absolute Gasteiger partial charge is 0.488 e. The number of hydrogen-bond donors (Lipinski definition) is 0. The molecule has 0 amide bonds. The van der Waals surface area contributed by atoms with Crippen LogP contribution in [0.4, 0.5) is 4.39 Å². The topological polar surface area (TPSA) is 76.6 Å². The van der Waals surface area contributed by atoms with E-state index in [1.54, 1.807) is 25.4 Å². The molecule has 5 rings (SSSR count). The Labute approximate surface area is 191 Å². The van der Waals surface area contributed by atoms with Gasteiger partial charge in [0.2, 0.25) is 0 Å². The van der Waals surface area contributed by atoms with Crippen molar-refractivity contribution >= 4 is 16.9 Å². The van der Waals surface area contributed by atoms with Crippen molar-refractivity contribution in [3.05, 3.63) is 88.3 Å². The molecule has 2 aromatic heterocycles. The second-order valence-electron chi connectivity index (χ2n) is 8.10. The van der Waals surface area contributed by atoms with Crippen LogP contribution >= 0.6 is 0 Å². The molecule has 0 atom stereocenters. The van der Waals surface area contributed by atoms with Crippen LogP contribution in [0, 0.1) is 17.1 Å². The molecule has 1 aliphatic heterocycles. The van der Waals surface area contributed by atoms with E-state index in [1.807, 2.05) is 6.07 Å². The van der Waals surface area contributed by atoms with Gasteiger partial charge in [-0.25, -0.2) is 19.3 Å². The number of imidazole rings is 1. The maximum Gasteiger partial charge on any atom is 0.197 e. The first-order valence-corrected chi connectivity index (χ1v) is 10.9. The Bertz CT molecular complexity index is 1450.